The lowest BCUT2D eigenvalue weighted by Crippen LogP contribution is -2.53. The van der Waals surface area contributed by atoms with E-state index in [2.05, 4.69) is 21.2 Å². The van der Waals surface area contributed by atoms with Gasteiger partial charge in [-0.15, -0.1) is 0 Å². The maximum Gasteiger partial charge on any atom is 0.329 e. The number of carbonyl (C=O) groups is 2. The van der Waals surface area contributed by atoms with Crippen LogP contribution < -0.4 is 5.32 Å². The van der Waals surface area contributed by atoms with Crippen LogP contribution in [0, 0.1) is 0 Å². The van der Waals surface area contributed by atoms with Gasteiger partial charge in [0.05, 0.1) is 0 Å². The second-order valence-electron chi connectivity index (χ2n) is 3.65. The van der Waals surface area contributed by atoms with Crippen molar-refractivity contribution in [2.24, 2.45) is 0 Å². The first-order chi connectivity index (χ1) is 7.95. The molecule has 0 aliphatic carbocycles. The van der Waals surface area contributed by atoms with Crippen molar-refractivity contribution in [3.05, 3.63) is 22.6 Å². The molecule has 1 aromatic rings. The van der Waals surface area contributed by atoms with Gasteiger partial charge in [-0.1, -0.05) is 13.8 Å². The molecule has 0 saturated heterocycles. The molecule has 0 aromatic carbocycles. The smallest absolute Gasteiger partial charge is 0.329 e. The van der Waals surface area contributed by atoms with E-state index in [9.17, 15) is 14.7 Å². The van der Waals surface area contributed by atoms with Gasteiger partial charge in [0.1, 0.15) is 5.54 Å². The Morgan fingerprint density at radius 2 is 2.00 bits per heavy atom. The highest BCUT2D eigenvalue weighted by atomic mass is 79.9. The molecule has 0 saturated carbocycles. The number of nitrogens with one attached hydrogen (secondary N) is 1. The zero-order valence-corrected chi connectivity index (χ0v) is 11.2. The number of amides is 1. The minimum absolute atomic E-state index is 0.0874. The summed E-state index contributed by atoms with van der Waals surface area (Å²) in [5.41, 5.74) is -1.24. The lowest BCUT2D eigenvalue weighted by molar-refractivity contribution is -0.144. The Labute approximate surface area is 107 Å². The summed E-state index contributed by atoms with van der Waals surface area (Å²) in [5.74, 6) is -1.48. The zero-order chi connectivity index (χ0) is 13.1. The molecule has 17 heavy (non-hydrogen) atoms. The number of carboxylic acids is 1. The molecular weight excluding hydrogens is 290 g/mol. The molecule has 1 heterocycles. The van der Waals surface area contributed by atoms with Gasteiger partial charge in [0.15, 0.2) is 10.4 Å². The fourth-order valence-electron chi connectivity index (χ4n) is 1.50. The highest BCUT2D eigenvalue weighted by Gasteiger charge is 2.37. The van der Waals surface area contributed by atoms with E-state index < -0.39 is 17.4 Å². The Kier molecular flexibility index (Phi) is 4.34. The normalized spacial score (nSPS) is 11.2. The van der Waals surface area contributed by atoms with Crippen molar-refractivity contribution in [1.82, 2.24) is 5.32 Å². The fraction of sp³-hybridized carbons (Fsp3) is 0.455. The van der Waals surface area contributed by atoms with Gasteiger partial charge in [-0.05, 0) is 40.9 Å². The van der Waals surface area contributed by atoms with Crippen LogP contribution in [0.2, 0.25) is 0 Å². The van der Waals surface area contributed by atoms with Crippen LogP contribution in [0.4, 0.5) is 0 Å². The number of carboxylic acid groups (broad SMARTS) is 1. The van der Waals surface area contributed by atoms with E-state index >= 15 is 0 Å². The standard InChI is InChI=1S/C11H14BrNO4/c1-3-11(4-2,10(15)16)13-9(14)7-5-6-8(12)17-7/h5-6H,3-4H2,1-2H3,(H,13,14)(H,15,16). The molecule has 5 nitrogen and oxygen atoms in total. The Balaban J connectivity index is 2.88. The first-order valence-electron chi connectivity index (χ1n) is 5.26. The van der Waals surface area contributed by atoms with Crippen molar-refractivity contribution in [1.29, 1.82) is 0 Å². The highest BCUT2D eigenvalue weighted by molar-refractivity contribution is 9.10. The van der Waals surface area contributed by atoms with Crippen molar-refractivity contribution in [2.45, 2.75) is 32.2 Å². The number of hydrogen-bond acceptors (Lipinski definition) is 3. The van der Waals surface area contributed by atoms with Crippen molar-refractivity contribution in [3.8, 4) is 0 Å². The Morgan fingerprint density at radius 1 is 1.41 bits per heavy atom. The number of furan rings is 1. The average Bonchev–Trinajstić information content (AvgIpc) is 2.72. The molecule has 6 heteroatoms. The summed E-state index contributed by atoms with van der Waals surface area (Å²) >= 11 is 3.08. The van der Waals surface area contributed by atoms with Gasteiger partial charge < -0.3 is 14.8 Å². The summed E-state index contributed by atoms with van der Waals surface area (Å²) < 4.78 is 5.50. The third kappa shape index (κ3) is 2.88. The van der Waals surface area contributed by atoms with E-state index in [1.54, 1.807) is 19.9 Å². The largest absolute Gasteiger partial charge is 0.480 e. The lowest BCUT2D eigenvalue weighted by atomic mass is 9.93. The van der Waals surface area contributed by atoms with Gasteiger partial charge in [-0.25, -0.2) is 4.79 Å². The zero-order valence-electron chi connectivity index (χ0n) is 9.62. The van der Waals surface area contributed by atoms with Crippen LogP contribution in [0.5, 0.6) is 0 Å². The van der Waals surface area contributed by atoms with Gasteiger partial charge in [-0.3, -0.25) is 4.79 Å². The molecule has 2 N–H and O–H groups in total. The highest BCUT2D eigenvalue weighted by Crippen LogP contribution is 2.18. The van der Waals surface area contributed by atoms with Crippen LogP contribution in [0.25, 0.3) is 0 Å². The topological polar surface area (TPSA) is 79.5 Å². The van der Waals surface area contributed by atoms with Crippen molar-refractivity contribution in [3.63, 3.8) is 0 Å². The van der Waals surface area contributed by atoms with E-state index in [1.165, 1.54) is 6.07 Å². The van der Waals surface area contributed by atoms with E-state index in [0.29, 0.717) is 17.5 Å². The summed E-state index contributed by atoms with van der Waals surface area (Å²) in [5, 5.41) is 11.7. The van der Waals surface area contributed by atoms with Crippen LogP contribution in [0.3, 0.4) is 0 Å². The van der Waals surface area contributed by atoms with Gasteiger partial charge in [0.25, 0.3) is 5.91 Å². The molecular formula is C11H14BrNO4. The molecule has 1 aromatic heterocycles. The van der Waals surface area contributed by atoms with E-state index in [4.69, 9.17) is 4.42 Å². The number of rotatable bonds is 5. The molecule has 0 radical (unpaired) electrons. The minimum Gasteiger partial charge on any atom is -0.480 e. The third-order valence-corrected chi connectivity index (χ3v) is 3.19. The van der Waals surface area contributed by atoms with Crippen molar-refractivity contribution >= 4 is 27.8 Å². The van der Waals surface area contributed by atoms with Crippen LogP contribution >= 0.6 is 15.9 Å². The van der Waals surface area contributed by atoms with E-state index in [1.807, 2.05) is 0 Å². The van der Waals surface area contributed by atoms with Gasteiger partial charge >= 0.3 is 5.97 Å². The van der Waals surface area contributed by atoms with Gasteiger partial charge in [0.2, 0.25) is 0 Å². The predicted molar refractivity (Wildman–Crippen MR) is 64.8 cm³/mol. The number of aliphatic carboxylic acids is 1. The molecule has 0 unspecified atom stereocenters. The second-order valence-corrected chi connectivity index (χ2v) is 4.43. The summed E-state index contributed by atoms with van der Waals surface area (Å²) in [6.07, 6.45) is 0.624. The molecule has 94 valence electrons. The monoisotopic (exact) mass is 303 g/mol. The first kappa shape index (κ1) is 13.8. The summed E-state index contributed by atoms with van der Waals surface area (Å²) in [7, 11) is 0. The fourth-order valence-corrected chi connectivity index (χ4v) is 1.80. The van der Waals surface area contributed by atoms with Crippen molar-refractivity contribution in [2.75, 3.05) is 0 Å². The molecule has 0 aliphatic rings. The van der Waals surface area contributed by atoms with Crippen molar-refractivity contribution < 1.29 is 19.1 Å². The molecule has 0 atom stereocenters. The Morgan fingerprint density at radius 3 is 2.35 bits per heavy atom. The van der Waals surface area contributed by atoms with E-state index in [-0.39, 0.29) is 5.76 Å². The summed E-state index contributed by atoms with van der Waals surface area (Å²) in [6.45, 7) is 3.44. The Bertz CT molecular complexity index is 423. The molecule has 0 aliphatic heterocycles. The average molecular weight is 304 g/mol. The maximum absolute atomic E-state index is 11.8. The van der Waals surface area contributed by atoms with Crippen LogP contribution in [-0.2, 0) is 4.79 Å². The second kappa shape index (κ2) is 5.35. The quantitative estimate of drug-likeness (QED) is 0.875. The SMILES string of the molecule is CCC(CC)(NC(=O)c1ccc(Br)o1)C(=O)O. The first-order valence-corrected chi connectivity index (χ1v) is 6.05. The van der Waals surface area contributed by atoms with Crippen LogP contribution in [0.1, 0.15) is 37.2 Å². The maximum atomic E-state index is 11.8. The number of hydrogen-bond donors (Lipinski definition) is 2. The minimum atomic E-state index is -1.24. The summed E-state index contributed by atoms with van der Waals surface area (Å²) in [4.78, 5) is 23.0. The lowest BCUT2D eigenvalue weighted by Gasteiger charge is -2.27. The molecule has 0 bridgehead atoms. The number of carbonyl (C=O) groups excluding carboxylic acids is 1. The van der Waals surface area contributed by atoms with E-state index in [0.717, 1.165) is 0 Å². The third-order valence-electron chi connectivity index (χ3n) is 2.77. The molecule has 0 spiro atoms. The van der Waals surface area contributed by atoms with Crippen LogP contribution in [-0.4, -0.2) is 22.5 Å². The number of halogens is 1. The van der Waals surface area contributed by atoms with Gasteiger partial charge in [0, 0.05) is 0 Å². The van der Waals surface area contributed by atoms with Crippen LogP contribution in [0.15, 0.2) is 21.2 Å². The molecule has 0 fully saturated rings. The molecule has 1 amide bonds. The molecule has 1 rings (SSSR count). The summed E-state index contributed by atoms with van der Waals surface area (Å²) in [6, 6.07) is 3.06. The van der Waals surface area contributed by atoms with Gasteiger partial charge in [-0.2, -0.15) is 0 Å². The predicted octanol–water partition coefficient (Wildman–Crippen LogP) is 2.42. The Hall–Kier alpha value is -1.30.